The van der Waals surface area contributed by atoms with Crippen molar-refractivity contribution in [3.8, 4) is 0 Å². The van der Waals surface area contributed by atoms with Crippen LogP contribution in [0.2, 0.25) is 0 Å². The Morgan fingerprint density at radius 2 is 0.625 bits per heavy atom. The molecular weight excluding hydrogens is 793 g/mol. The van der Waals surface area contributed by atoms with E-state index in [0.29, 0.717) is 12.8 Å². The highest BCUT2D eigenvalue weighted by molar-refractivity contribution is 5.71. The van der Waals surface area contributed by atoms with Crippen LogP contribution in [0.15, 0.2) is 109 Å². The summed E-state index contributed by atoms with van der Waals surface area (Å²) in [5.74, 6) is -0.984. The minimum absolute atomic E-state index is 0.107. The maximum Gasteiger partial charge on any atom is 0.306 e. The van der Waals surface area contributed by atoms with Crippen LogP contribution in [0.25, 0.3) is 0 Å². The number of rotatable bonds is 45. The average molecular weight is 887 g/mol. The van der Waals surface area contributed by atoms with E-state index in [4.69, 9.17) is 14.2 Å². The number of carbonyl (C=O) groups excluding carboxylic acids is 3. The Balaban J connectivity index is 4.48. The first-order chi connectivity index (χ1) is 31.5. The van der Waals surface area contributed by atoms with E-state index in [2.05, 4.69) is 69.4 Å². The lowest BCUT2D eigenvalue weighted by atomic mass is 10.1. The van der Waals surface area contributed by atoms with E-state index in [1.165, 1.54) is 70.6 Å². The fourth-order valence-electron chi connectivity index (χ4n) is 6.81. The number of hydrogen-bond donors (Lipinski definition) is 0. The highest BCUT2D eigenvalue weighted by Gasteiger charge is 2.19. The van der Waals surface area contributed by atoms with Crippen molar-refractivity contribution in [2.75, 3.05) is 13.2 Å². The standard InChI is InChI=1S/C58H94O6/c1-4-7-10-13-16-19-22-25-27-28-29-31-33-36-39-42-45-48-51-57(60)63-54-55(53-62-56(59)50-47-44-41-38-35-32-24-21-18-15-12-9-6-3)64-58(61)52-49-46-43-40-37-34-30-26-23-20-17-14-11-8-5-2/h8-9,11-12,14-15,17-18,20-21,23-24,26,29-32,35,55H,4-7,10,13,16,19,22,25,27-28,33-34,36-54H2,1-3H3/b11-8+,12-9+,17-14+,18-15+,23-20+,24-21+,30-26+,31-29+,35-32+. The van der Waals surface area contributed by atoms with Gasteiger partial charge in [-0.3, -0.25) is 14.4 Å². The molecule has 0 heterocycles. The molecule has 0 aliphatic carbocycles. The molecule has 362 valence electrons. The number of hydrogen-bond acceptors (Lipinski definition) is 6. The van der Waals surface area contributed by atoms with Crippen LogP contribution in [0.1, 0.15) is 220 Å². The molecule has 6 nitrogen and oxygen atoms in total. The normalized spacial score (nSPS) is 13.0. The van der Waals surface area contributed by atoms with Crippen LogP contribution >= 0.6 is 0 Å². The molecule has 0 rings (SSSR count). The highest BCUT2D eigenvalue weighted by atomic mass is 16.6. The molecule has 6 heteroatoms. The maximum absolute atomic E-state index is 12.8. The predicted molar refractivity (Wildman–Crippen MR) is 274 cm³/mol. The van der Waals surface area contributed by atoms with Crippen molar-refractivity contribution >= 4 is 17.9 Å². The van der Waals surface area contributed by atoms with Crippen molar-refractivity contribution in [1.82, 2.24) is 0 Å². The smallest absolute Gasteiger partial charge is 0.306 e. The Bertz CT molecular complexity index is 1340. The molecule has 0 amide bonds. The molecule has 0 fully saturated rings. The van der Waals surface area contributed by atoms with E-state index in [-0.39, 0.29) is 37.5 Å². The van der Waals surface area contributed by atoms with Gasteiger partial charge in [0.05, 0.1) is 0 Å². The third kappa shape index (κ3) is 49.1. The van der Waals surface area contributed by atoms with Crippen LogP contribution in [0.5, 0.6) is 0 Å². The largest absolute Gasteiger partial charge is 0.462 e. The third-order valence-corrected chi connectivity index (χ3v) is 10.7. The molecular formula is C58H94O6. The zero-order valence-electron chi connectivity index (χ0n) is 41.3. The number of esters is 3. The Labute approximate surface area is 393 Å². The maximum atomic E-state index is 12.8. The van der Waals surface area contributed by atoms with Gasteiger partial charge in [0.1, 0.15) is 13.2 Å². The van der Waals surface area contributed by atoms with E-state index < -0.39 is 6.10 Å². The molecule has 0 aromatic heterocycles. The first kappa shape index (κ1) is 60.1. The summed E-state index contributed by atoms with van der Waals surface area (Å²) in [5, 5.41) is 0. The van der Waals surface area contributed by atoms with Crippen LogP contribution in [0.4, 0.5) is 0 Å². The molecule has 1 unspecified atom stereocenters. The average Bonchev–Trinajstić information content (AvgIpc) is 3.29. The molecule has 0 bridgehead atoms. The molecule has 0 N–H and O–H groups in total. The Kier molecular flexibility index (Phi) is 48.5. The van der Waals surface area contributed by atoms with E-state index in [0.717, 1.165) is 109 Å². The Morgan fingerprint density at radius 1 is 0.328 bits per heavy atom. The van der Waals surface area contributed by atoms with Crippen LogP contribution in [-0.2, 0) is 28.6 Å². The molecule has 1 atom stereocenters. The quantitative estimate of drug-likeness (QED) is 0.0199. The second-order valence-electron chi connectivity index (χ2n) is 16.8. The molecule has 0 aliphatic rings. The van der Waals surface area contributed by atoms with Gasteiger partial charge in [-0.25, -0.2) is 0 Å². The van der Waals surface area contributed by atoms with Crippen LogP contribution in [0, 0.1) is 0 Å². The van der Waals surface area contributed by atoms with E-state index in [1.54, 1.807) is 0 Å². The summed E-state index contributed by atoms with van der Waals surface area (Å²) >= 11 is 0. The van der Waals surface area contributed by atoms with Gasteiger partial charge >= 0.3 is 17.9 Å². The molecule has 0 aromatic carbocycles. The number of allylic oxidation sites excluding steroid dienone is 18. The summed E-state index contributed by atoms with van der Waals surface area (Å²) < 4.78 is 16.7. The van der Waals surface area contributed by atoms with Crippen LogP contribution < -0.4 is 0 Å². The van der Waals surface area contributed by atoms with Gasteiger partial charge in [0, 0.05) is 19.3 Å². The number of carbonyl (C=O) groups is 3. The number of ether oxygens (including phenoxy) is 3. The first-order valence-electron chi connectivity index (χ1n) is 26.0. The van der Waals surface area contributed by atoms with Crippen LogP contribution in [0.3, 0.4) is 0 Å². The Morgan fingerprint density at radius 3 is 1.02 bits per heavy atom. The molecule has 0 aliphatic heterocycles. The SMILES string of the molecule is CC/C=C/C=C/C=C/C=C/CCCCCCCC(=O)OC(COC(=O)CCCCC/C=C/C=C/C=C/C=C/CC)COC(=O)CCCCCCC/C=C/CCCCCCCCCCC. The zero-order valence-corrected chi connectivity index (χ0v) is 41.3. The number of unbranched alkanes of at least 4 members (excludes halogenated alkanes) is 22. The molecule has 0 aromatic rings. The second kappa shape index (κ2) is 51.7. The summed E-state index contributed by atoms with van der Waals surface area (Å²) in [7, 11) is 0. The fraction of sp³-hybridized carbons (Fsp3) is 0.638. The van der Waals surface area contributed by atoms with E-state index in [9.17, 15) is 14.4 Å². The lowest BCUT2D eigenvalue weighted by Crippen LogP contribution is -2.30. The molecule has 0 saturated carbocycles. The van der Waals surface area contributed by atoms with Gasteiger partial charge in [-0.05, 0) is 83.5 Å². The van der Waals surface area contributed by atoms with Gasteiger partial charge in [-0.2, -0.15) is 0 Å². The van der Waals surface area contributed by atoms with Crippen LogP contribution in [-0.4, -0.2) is 37.2 Å². The summed E-state index contributed by atoms with van der Waals surface area (Å²) in [4.78, 5) is 38.0. The van der Waals surface area contributed by atoms with Gasteiger partial charge in [0.15, 0.2) is 6.10 Å². The van der Waals surface area contributed by atoms with Crippen molar-refractivity contribution in [2.45, 2.75) is 226 Å². The van der Waals surface area contributed by atoms with Gasteiger partial charge < -0.3 is 14.2 Å². The van der Waals surface area contributed by atoms with Gasteiger partial charge in [-0.1, -0.05) is 226 Å². The minimum atomic E-state index is -0.811. The Hall–Kier alpha value is -3.93. The zero-order chi connectivity index (χ0) is 46.5. The fourth-order valence-corrected chi connectivity index (χ4v) is 6.81. The van der Waals surface area contributed by atoms with Gasteiger partial charge in [-0.15, -0.1) is 0 Å². The van der Waals surface area contributed by atoms with Crippen molar-refractivity contribution in [3.05, 3.63) is 109 Å². The summed E-state index contributed by atoms with van der Waals surface area (Å²) in [6.45, 7) is 6.29. The van der Waals surface area contributed by atoms with E-state index >= 15 is 0 Å². The monoisotopic (exact) mass is 887 g/mol. The lowest BCUT2D eigenvalue weighted by Gasteiger charge is -2.18. The van der Waals surface area contributed by atoms with Crippen molar-refractivity contribution in [1.29, 1.82) is 0 Å². The van der Waals surface area contributed by atoms with Gasteiger partial charge in [0.2, 0.25) is 0 Å². The second-order valence-corrected chi connectivity index (χ2v) is 16.8. The van der Waals surface area contributed by atoms with Gasteiger partial charge in [0.25, 0.3) is 0 Å². The van der Waals surface area contributed by atoms with Crippen molar-refractivity contribution in [3.63, 3.8) is 0 Å². The van der Waals surface area contributed by atoms with Crippen molar-refractivity contribution < 1.29 is 28.6 Å². The molecule has 64 heavy (non-hydrogen) atoms. The molecule has 0 radical (unpaired) electrons. The van der Waals surface area contributed by atoms with Crippen molar-refractivity contribution in [2.24, 2.45) is 0 Å². The lowest BCUT2D eigenvalue weighted by molar-refractivity contribution is -0.167. The summed E-state index contributed by atoms with van der Waals surface area (Å²) in [5.41, 5.74) is 0. The molecule has 0 spiro atoms. The highest BCUT2D eigenvalue weighted by Crippen LogP contribution is 2.14. The summed E-state index contributed by atoms with van der Waals surface area (Å²) in [6.07, 6.45) is 69.3. The summed E-state index contributed by atoms with van der Waals surface area (Å²) in [6, 6.07) is 0. The van der Waals surface area contributed by atoms with E-state index in [1.807, 2.05) is 60.8 Å². The predicted octanol–water partition coefficient (Wildman–Crippen LogP) is 17.1. The first-order valence-corrected chi connectivity index (χ1v) is 26.0. The minimum Gasteiger partial charge on any atom is -0.462 e. The topological polar surface area (TPSA) is 78.9 Å². The third-order valence-electron chi connectivity index (χ3n) is 10.7. The molecule has 0 saturated heterocycles.